The lowest BCUT2D eigenvalue weighted by Gasteiger charge is -2.09. The van der Waals surface area contributed by atoms with Crippen LogP contribution < -0.4 is 20.1 Å². The van der Waals surface area contributed by atoms with E-state index in [1.807, 2.05) is 6.07 Å². The number of benzene rings is 2. The molecule has 9 nitrogen and oxygen atoms in total. The highest BCUT2D eigenvalue weighted by atomic mass is 32.2. The second kappa shape index (κ2) is 9.25. The van der Waals surface area contributed by atoms with Crippen LogP contribution >= 0.6 is 0 Å². The first-order valence-electron chi connectivity index (χ1n) is 8.80. The Bertz CT molecular complexity index is 1140. The number of carbonyl (C=O) groups excluding carboxylic acids is 2. The lowest BCUT2D eigenvalue weighted by molar-refractivity contribution is -0.118. The molecule has 0 atom stereocenters. The van der Waals surface area contributed by atoms with Crippen LogP contribution in [-0.4, -0.2) is 33.9 Å². The average molecular weight is 429 g/mol. The van der Waals surface area contributed by atoms with Crippen LogP contribution in [0.2, 0.25) is 0 Å². The molecule has 0 spiro atoms. The van der Waals surface area contributed by atoms with Gasteiger partial charge in [0, 0.05) is 17.4 Å². The van der Waals surface area contributed by atoms with Crippen molar-refractivity contribution in [1.29, 1.82) is 0 Å². The topological polar surface area (TPSA) is 127 Å². The van der Waals surface area contributed by atoms with E-state index >= 15 is 0 Å². The Morgan fingerprint density at radius 2 is 1.67 bits per heavy atom. The summed E-state index contributed by atoms with van der Waals surface area (Å²) in [6, 6.07) is 17.8. The molecule has 0 fully saturated rings. The summed E-state index contributed by atoms with van der Waals surface area (Å²) >= 11 is 0. The van der Waals surface area contributed by atoms with Crippen LogP contribution in [0, 0.1) is 0 Å². The summed E-state index contributed by atoms with van der Waals surface area (Å²) in [6.45, 7) is -0.213. The van der Waals surface area contributed by atoms with Crippen molar-refractivity contribution in [2.24, 2.45) is 0 Å². The van der Waals surface area contributed by atoms with Gasteiger partial charge in [0.2, 0.25) is 5.09 Å². The highest BCUT2D eigenvalue weighted by Crippen LogP contribution is 2.20. The van der Waals surface area contributed by atoms with Crippen molar-refractivity contribution >= 4 is 33.2 Å². The van der Waals surface area contributed by atoms with E-state index in [4.69, 9.17) is 9.15 Å². The van der Waals surface area contributed by atoms with Gasteiger partial charge in [-0.25, -0.2) is 13.1 Å². The van der Waals surface area contributed by atoms with Crippen LogP contribution in [-0.2, 0) is 14.8 Å². The van der Waals surface area contributed by atoms with E-state index in [2.05, 4.69) is 15.4 Å². The molecule has 0 aliphatic rings. The van der Waals surface area contributed by atoms with Gasteiger partial charge in [0.15, 0.2) is 12.4 Å². The molecule has 3 N–H and O–H groups in total. The number of nitrogens with one attached hydrogen (secondary N) is 3. The van der Waals surface area contributed by atoms with Crippen LogP contribution in [0.5, 0.6) is 5.75 Å². The molecule has 0 saturated carbocycles. The van der Waals surface area contributed by atoms with Gasteiger partial charge in [-0.1, -0.05) is 24.3 Å². The maximum Gasteiger partial charge on any atom is 0.291 e. The minimum atomic E-state index is -3.78. The summed E-state index contributed by atoms with van der Waals surface area (Å²) in [5, 5.41) is 4.92. The Morgan fingerprint density at radius 3 is 2.40 bits per heavy atom. The molecule has 0 aliphatic heterocycles. The van der Waals surface area contributed by atoms with Gasteiger partial charge in [-0.05, 0) is 43.4 Å². The van der Waals surface area contributed by atoms with E-state index in [-0.39, 0.29) is 23.4 Å². The molecular formula is C20H19N3O6S. The molecule has 0 aliphatic carbocycles. The summed E-state index contributed by atoms with van der Waals surface area (Å²) < 4.78 is 36.0. The number of sulfonamides is 1. The van der Waals surface area contributed by atoms with Crippen LogP contribution in [0.1, 0.15) is 10.6 Å². The number of hydrogen-bond donors (Lipinski definition) is 3. The third-order valence-corrected chi connectivity index (χ3v) is 5.14. The molecule has 156 valence electrons. The highest BCUT2D eigenvalue weighted by Gasteiger charge is 2.19. The Balaban J connectivity index is 1.59. The van der Waals surface area contributed by atoms with Crippen LogP contribution in [0.25, 0.3) is 0 Å². The Hall–Kier alpha value is -3.63. The molecule has 0 unspecified atom stereocenters. The summed E-state index contributed by atoms with van der Waals surface area (Å²) in [6.07, 6.45) is 0. The molecule has 1 heterocycles. The quantitative estimate of drug-likeness (QED) is 0.505. The first kappa shape index (κ1) is 21.1. The molecule has 3 rings (SSSR count). The zero-order chi connectivity index (χ0) is 21.6. The van der Waals surface area contributed by atoms with E-state index < -0.39 is 15.9 Å². The van der Waals surface area contributed by atoms with Gasteiger partial charge >= 0.3 is 0 Å². The maximum atomic E-state index is 12.3. The van der Waals surface area contributed by atoms with Gasteiger partial charge in [0.1, 0.15) is 5.75 Å². The van der Waals surface area contributed by atoms with Crippen molar-refractivity contribution in [3.8, 4) is 5.75 Å². The van der Waals surface area contributed by atoms with E-state index in [1.165, 1.54) is 25.2 Å². The summed E-state index contributed by atoms with van der Waals surface area (Å²) in [5.74, 6) is -0.762. The minimum absolute atomic E-state index is 0.169. The fraction of sp³-hybridized carbons (Fsp3) is 0.100. The zero-order valence-electron chi connectivity index (χ0n) is 15.9. The van der Waals surface area contributed by atoms with Crippen molar-refractivity contribution in [3.63, 3.8) is 0 Å². The summed E-state index contributed by atoms with van der Waals surface area (Å²) in [4.78, 5) is 24.3. The second-order valence-corrected chi connectivity index (χ2v) is 7.83. The van der Waals surface area contributed by atoms with Crippen molar-refractivity contribution in [3.05, 3.63) is 72.5 Å². The first-order valence-corrected chi connectivity index (χ1v) is 10.3. The van der Waals surface area contributed by atoms with E-state index in [9.17, 15) is 18.0 Å². The fourth-order valence-corrected chi connectivity index (χ4v) is 3.06. The maximum absolute atomic E-state index is 12.3. The Labute approximate surface area is 173 Å². The molecule has 10 heteroatoms. The third-order valence-electron chi connectivity index (χ3n) is 3.86. The van der Waals surface area contributed by atoms with Crippen LogP contribution in [0.3, 0.4) is 0 Å². The van der Waals surface area contributed by atoms with Gasteiger partial charge in [0.05, 0.1) is 0 Å². The number of hydrogen-bond acceptors (Lipinski definition) is 6. The van der Waals surface area contributed by atoms with E-state index in [1.54, 1.807) is 42.5 Å². The molecular weight excluding hydrogens is 410 g/mol. The predicted molar refractivity (Wildman–Crippen MR) is 110 cm³/mol. The predicted octanol–water partition coefficient (Wildman–Crippen LogP) is 2.46. The second-order valence-electron chi connectivity index (χ2n) is 6.01. The summed E-state index contributed by atoms with van der Waals surface area (Å²) in [7, 11) is -2.54. The summed E-state index contributed by atoms with van der Waals surface area (Å²) in [5.41, 5.74) is 1.04. The van der Waals surface area contributed by atoms with Gasteiger partial charge in [-0.2, -0.15) is 0 Å². The molecule has 1 aromatic heterocycles. The third kappa shape index (κ3) is 5.46. The minimum Gasteiger partial charge on any atom is -0.484 e. The van der Waals surface area contributed by atoms with E-state index in [0.29, 0.717) is 17.1 Å². The molecule has 30 heavy (non-hydrogen) atoms. The number of para-hydroxylation sites is 1. The van der Waals surface area contributed by atoms with Crippen LogP contribution in [0.15, 0.2) is 76.2 Å². The smallest absolute Gasteiger partial charge is 0.291 e. The van der Waals surface area contributed by atoms with Gasteiger partial charge in [0.25, 0.3) is 21.8 Å². The fourth-order valence-electron chi connectivity index (χ4n) is 2.41. The van der Waals surface area contributed by atoms with E-state index in [0.717, 1.165) is 0 Å². The number of ether oxygens (including phenoxy) is 1. The lowest BCUT2D eigenvalue weighted by Crippen LogP contribution is -2.20. The largest absolute Gasteiger partial charge is 0.484 e. The molecule has 3 aromatic rings. The number of furan rings is 1. The van der Waals surface area contributed by atoms with Gasteiger partial charge in [-0.15, -0.1) is 0 Å². The van der Waals surface area contributed by atoms with Crippen molar-refractivity contribution in [1.82, 2.24) is 4.72 Å². The normalized spacial score (nSPS) is 11.0. The SMILES string of the molecule is CNS(=O)(=O)c1ccc(C(=O)Nc2cccc(OCC(=O)Nc3ccccc3)c2)o1. The highest BCUT2D eigenvalue weighted by molar-refractivity contribution is 7.89. The number of amides is 2. The average Bonchev–Trinajstić information content (AvgIpc) is 3.25. The molecule has 0 saturated heterocycles. The number of anilines is 2. The Morgan fingerprint density at radius 1 is 0.933 bits per heavy atom. The molecule has 2 aromatic carbocycles. The van der Waals surface area contributed by atoms with Crippen molar-refractivity contribution in [2.45, 2.75) is 5.09 Å². The zero-order valence-corrected chi connectivity index (χ0v) is 16.7. The van der Waals surface area contributed by atoms with Crippen LogP contribution in [0.4, 0.5) is 11.4 Å². The van der Waals surface area contributed by atoms with Gasteiger partial charge in [-0.3, -0.25) is 9.59 Å². The standard InChI is InChI=1S/C20H19N3O6S/c1-21-30(26,27)19-11-10-17(29-19)20(25)23-15-8-5-9-16(12-15)28-13-18(24)22-14-6-3-2-4-7-14/h2-12,21H,13H2,1H3,(H,22,24)(H,23,25). The Kier molecular flexibility index (Phi) is 6.50. The number of rotatable bonds is 8. The molecule has 2 amide bonds. The van der Waals surface area contributed by atoms with Gasteiger partial charge < -0.3 is 19.8 Å². The lowest BCUT2D eigenvalue weighted by atomic mass is 10.3. The number of carbonyl (C=O) groups is 2. The molecule has 0 radical (unpaired) electrons. The van der Waals surface area contributed by atoms with Crippen molar-refractivity contribution in [2.75, 3.05) is 24.3 Å². The van der Waals surface area contributed by atoms with Crippen molar-refractivity contribution < 1.29 is 27.2 Å². The molecule has 0 bridgehead atoms. The monoisotopic (exact) mass is 429 g/mol. The first-order chi connectivity index (χ1) is 14.4.